The van der Waals surface area contributed by atoms with E-state index in [-0.39, 0.29) is 0 Å². The van der Waals surface area contributed by atoms with Crippen LogP contribution in [0.4, 0.5) is 0 Å². The molecule has 0 amide bonds. The van der Waals surface area contributed by atoms with Crippen molar-refractivity contribution < 1.29 is 9.84 Å². The number of aliphatic hydroxyl groups is 1. The molecule has 106 valence electrons. The molecule has 3 nitrogen and oxygen atoms in total. The molecule has 0 saturated carbocycles. The second-order valence-corrected chi connectivity index (χ2v) is 5.82. The first-order valence-corrected chi connectivity index (χ1v) is 7.08. The quantitative estimate of drug-likeness (QED) is 0.875. The van der Waals surface area contributed by atoms with Crippen molar-refractivity contribution in [2.75, 3.05) is 19.8 Å². The second kappa shape index (κ2) is 6.04. The Morgan fingerprint density at radius 2 is 1.74 bits per heavy atom. The van der Waals surface area contributed by atoms with Crippen LogP contribution in [0.1, 0.15) is 35.1 Å². The first-order chi connectivity index (χ1) is 9.00. The van der Waals surface area contributed by atoms with Gasteiger partial charge in [0.1, 0.15) is 0 Å². The van der Waals surface area contributed by atoms with E-state index < -0.39 is 5.60 Å². The molecule has 0 spiro atoms. The predicted octanol–water partition coefficient (Wildman–Crippen LogP) is 2.24. The third kappa shape index (κ3) is 3.78. The lowest BCUT2D eigenvalue weighted by molar-refractivity contribution is -0.0617. The molecule has 1 fully saturated rings. The first kappa shape index (κ1) is 14.5. The van der Waals surface area contributed by atoms with E-state index >= 15 is 0 Å². The second-order valence-electron chi connectivity index (χ2n) is 5.82. The summed E-state index contributed by atoms with van der Waals surface area (Å²) in [4.78, 5) is 0. The van der Waals surface area contributed by atoms with Gasteiger partial charge in [-0.25, -0.2) is 0 Å². The van der Waals surface area contributed by atoms with Gasteiger partial charge in [0.2, 0.25) is 0 Å². The van der Waals surface area contributed by atoms with Crippen LogP contribution in [0, 0.1) is 20.8 Å². The van der Waals surface area contributed by atoms with E-state index in [4.69, 9.17) is 4.74 Å². The summed E-state index contributed by atoms with van der Waals surface area (Å²) in [6.45, 7) is 9.23. The smallest absolute Gasteiger partial charge is 0.0815 e. The standard InChI is InChI=1S/C16H25NO2/c1-12-8-13(2)15(14(3)9-12)10-17-11-16(18)4-6-19-7-5-16/h8-9,17-18H,4-7,10-11H2,1-3H3. The zero-order chi connectivity index (χ0) is 13.9. The van der Waals surface area contributed by atoms with E-state index in [1.54, 1.807) is 0 Å². The van der Waals surface area contributed by atoms with Gasteiger partial charge >= 0.3 is 0 Å². The fraction of sp³-hybridized carbons (Fsp3) is 0.625. The van der Waals surface area contributed by atoms with Crippen LogP contribution in [0.25, 0.3) is 0 Å². The fourth-order valence-corrected chi connectivity index (χ4v) is 2.84. The molecular formula is C16H25NO2. The number of benzene rings is 1. The van der Waals surface area contributed by atoms with E-state index in [0.717, 1.165) is 19.4 Å². The Morgan fingerprint density at radius 3 is 2.32 bits per heavy atom. The third-order valence-corrected chi connectivity index (χ3v) is 4.02. The summed E-state index contributed by atoms with van der Waals surface area (Å²) in [6.07, 6.45) is 1.46. The minimum absolute atomic E-state index is 0.593. The molecular weight excluding hydrogens is 238 g/mol. The van der Waals surface area contributed by atoms with Crippen molar-refractivity contribution in [1.82, 2.24) is 5.32 Å². The molecule has 0 aliphatic carbocycles. The van der Waals surface area contributed by atoms with E-state index in [0.29, 0.717) is 19.8 Å². The van der Waals surface area contributed by atoms with Crippen LogP contribution in [0.3, 0.4) is 0 Å². The van der Waals surface area contributed by atoms with Gasteiger partial charge in [-0.05, 0) is 37.5 Å². The number of rotatable bonds is 4. The van der Waals surface area contributed by atoms with Crippen molar-refractivity contribution in [2.45, 2.75) is 45.8 Å². The predicted molar refractivity (Wildman–Crippen MR) is 77.4 cm³/mol. The highest BCUT2D eigenvalue weighted by Gasteiger charge is 2.29. The van der Waals surface area contributed by atoms with Gasteiger partial charge < -0.3 is 15.2 Å². The fourth-order valence-electron chi connectivity index (χ4n) is 2.84. The number of nitrogens with one attached hydrogen (secondary N) is 1. The van der Waals surface area contributed by atoms with E-state index in [9.17, 15) is 5.11 Å². The Balaban J connectivity index is 1.92. The Morgan fingerprint density at radius 1 is 1.16 bits per heavy atom. The minimum Gasteiger partial charge on any atom is -0.388 e. The molecule has 2 rings (SSSR count). The SMILES string of the molecule is Cc1cc(C)c(CNCC2(O)CCOCC2)c(C)c1. The van der Waals surface area contributed by atoms with Gasteiger partial charge in [-0.15, -0.1) is 0 Å². The molecule has 0 radical (unpaired) electrons. The van der Waals surface area contributed by atoms with Gasteiger partial charge in [0.25, 0.3) is 0 Å². The zero-order valence-corrected chi connectivity index (χ0v) is 12.3. The van der Waals surface area contributed by atoms with Crippen molar-refractivity contribution in [2.24, 2.45) is 0 Å². The Labute approximate surface area is 116 Å². The molecule has 0 bridgehead atoms. The van der Waals surface area contributed by atoms with Gasteiger partial charge in [0.05, 0.1) is 5.60 Å². The lowest BCUT2D eigenvalue weighted by Crippen LogP contribution is -2.44. The third-order valence-electron chi connectivity index (χ3n) is 4.02. The molecule has 2 N–H and O–H groups in total. The Kier molecular flexibility index (Phi) is 4.61. The molecule has 0 aromatic heterocycles. The lowest BCUT2D eigenvalue weighted by Gasteiger charge is -2.32. The van der Waals surface area contributed by atoms with E-state index in [1.165, 1.54) is 22.3 Å². The maximum absolute atomic E-state index is 10.4. The number of aryl methyl sites for hydroxylation is 3. The van der Waals surface area contributed by atoms with Crippen molar-refractivity contribution in [3.8, 4) is 0 Å². The normalized spacial score (nSPS) is 18.5. The lowest BCUT2D eigenvalue weighted by atomic mass is 9.94. The largest absolute Gasteiger partial charge is 0.388 e. The summed E-state index contributed by atoms with van der Waals surface area (Å²) in [7, 11) is 0. The van der Waals surface area contributed by atoms with Crippen LogP contribution in [-0.4, -0.2) is 30.5 Å². The molecule has 19 heavy (non-hydrogen) atoms. The number of hydrogen-bond acceptors (Lipinski definition) is 3. The average Bonchev–Trinajstić information content (AvgIpc) is 2.33. The van der Waals surface area contributed by atoms with Gasteiger partial charge in [-0.2, -0.15) is 0 Å². The van der Waals surface area contributed by atoms with Crippen LogP contribution in [0.2, 0.25) is 0 Å². The maximum Gasteiger partial charge on any atom is 0.0815 e. The van der Waals surface area contributed by atoms with Gasteiger partial charge in [-0.3, -0.25) is 0 Å². The summed E-state index contributed by atoms with van der Waals surface area (Å²) in [6, 6.07) is 4.43. The Hall–Kier alpha value is -0.900. The summed E-state index contributed by atoms with van der Waals surface area (Å²) in [5, 5.41) is 13.8. The molecule has 0 unspecified atom stereocenters. The van der Waals surface area contributed by atoms with Crippen LogP contribution in [0.15, 0.2) is 12.1 Å². The minimum atomic E-state index is -0.593. The zero-order valence-electron chi connectivity index (χ0n) is 12.3. The molecule has 1 heterocycles. The maximum atomic E-state index is 10.4. The summed E-state index contributed by atoms with van der Waals surface area (Å²) < 4.78 is 5.29. The number of ether oxygens (including phenoxy) is 1. The van der Waals surface area contributed by atoms with E-state index in [1.807, 2.05) is 0 Å². The van der Waals surface area contributed by atoms with Gasteiger partial charge in [0, 0.05) is 39.1 Å². The summed E-state index contributed by atoms with van der Waals surface area (Å²) >= 11 is 0. The topological polar surface area (TPSA) is 41.5 Å². The highest BCUT2D eigenvalue weighted by molar-refractivity contribution is 5.37. The molecule has 3 heteroatoms. The molecule has 1 aliphatic heterocycles. The summed E-state index contributed by atoms with van der Waals surface area (Å²) in [5.41, 5.74) is 4.71. The monoisotopic (exact) mass is 263 g/mol. The molecule has 0 atom stereocenters. The first-order valence-electron chi connectivity index (χ1n) is 7.08. The van der Waals surface area contributed by atoms with Crippen LogP contribution >= 0.6 is 0 Å². The average molecular weight is 263 g/mol. The molecule has 1 aromatic carbocycles. The van der Waals surface area contributed by atoms with Crippen LogP contribution in [-0.2, 0) is 11.3 Å². The van der Waals surface area contributed by atoms with Crippen molar-refractivity contribution in [3.63, 3.8) is 0 Å². The van der Waals surface area contributed by atoms with Crippen molar-refractivity contribution in [3.05, 3.63) is 34.4 Å². The Bertz CT molecular complexity index is 413. The van der Waals surface area contributed by atoms with Crippen LogP contribution < -0.4 is 5.32 Å². The number of hydrogen-bond donors (Lipinski definition) is 2. The van der Waals surface area contributed by atoms with E-state index in [2.05, 4.69) is 38.2 Å². The summed E-state index contributed by atoms with van der Waals surface area (Å²) in [5.74, 6) is 0. The van der Waals surface area contributed by atoms with Gasteiger partial charge in [-0.1, -0.05) is 17.7 Å². The van der Waals surface area contributed by atoms with Crippen molar-refractivity contribution >= 4 is 0 Å². The highest BCUT2D eigenvalue weighted by atomic mass is 16.5. The molecule has 1 aliphatic rings. The highest BCUT2D eigenvalue weighted by Crippen LogP contribution is 2.20. The van der Waals surface area contributed by atoms with Crippen LogP contribution in [0.5, 0.6) is 0 Å². The van der Waals surface area contributed by atoms with Gasteiger partial charge in [0.15, 0.2) is 0 Å². The molecule has 1 aromatic rings. The molecule has 1 saturated heterocycles. The van der Waals surface area contributed by atoms with Crippen molar-refractivity contribution in [1.29, 1.82) is 0 Å².